The topological polar surface area (TPSA) is 82.1 Å². The molecule has 0 spiro atoms. The molecule has 0 unspecified atom stereocenters. The van der Waals surface area contributed by atoms with E-state index in [2.05, 4.69) is 15.9 Å². The molecular formula is C21H24BrNO6. The fourth-order valence-electron chi connectivity index (χ4n) is 2.87. The third-order valence-electron chi connectivity index (χ3n) is 4.13. The second kappa shape index (κ2) is 10.8. The first-order valence-corrected chi connectivity index (χ1v) is 10.2. The molecule has 7 nitrogen and oxygen atoms in total. The molecule has 0 fully saturated rings. The van der Waals surface area contributed by atoms with E-state index in [0.29, 0.717) is 0 Å². The van der Waals surface area contributed by atoms with Gasteiger partial charge in [0.05, 0.1) is 37.4 Å². The van der Waals surface area contributed by atoms with Gasteiger partial charge in [0.2, 0.25) is 0 Å². The molecule has 2 rings (SSSR count). The molecule has 1 heterocycles. The first-order valence-electron chi connectivity index (χ1n) is 9.38. The number of esters is 3. The maximum absolute atomic E-state index is 12.6. The average Bonchev–Trinajstić information content (AvgIpc) is 2.69. The van der Waals surface area contributed by atoms with E-state index in [1.54, 1.807) is 38.1 Å². The third kappa shape index (κ3) is 5.93. The maximum Gasteiger partial charge on any atom is 0.336 e. The SMILES string of the molecule is CCOC(=O)CC1C(C(=O)OCC)=CN(c2ccc(Br)cc2)C=C1C(=O)OCC. The molecule has 0 aliphatic carbocycles. The Hall–Kier alpha value is -2.61. The summed E-state index contributed by atoms with van der Waals surface area (Å²) in [5.74, 6) is -2.53. The molecule has 0 N–H and O–H groups in total. The van der Waals surface area contributed by atoms with E-state index in [0.717, 1.165) is 10.2 Å². The van der Waals surface area contributed by atoms with Gasteiger partial charge >= 0.3 is 17.9 Å². The summed E-state index contributed by atoms with van der Waals surface area (Å²) in [6.45, 7) is 5.61. The van der Waals surface area contributed by atoms with Crippen molar-refractivity contribution >= 4 is 39.5 Å². The fourth-order valence-corrected chi connectivity index (χ4v) is 3.14. The Kier molecular flexibility index (Phi) is 8.45. The molecule has 1 aromatic rings. The number of hydrogen-bond donors (Lipinski definition) is 0. The van der Waals surface area contributed by atoms with Crippen molar-refractivity contribution in [2.24, 2.45) is 5.92 Å². The predicted octanol–water partition coefficient (Wildman–Crippen LogP) is 3.73. The van der Waals surface area contributed by atoms with Crippen molar-refractivity contribution < 1.29 is 28.6 Å². The van der Waals surface area contributed by atoms with Crippen molar-refractivity contribution in [3.63, 3.8) is 0 Å². The molecule has 156 valence electrons. The Balaban J connectivity index is 2.51. The zero-order valence-electron chi connectivity index (χ0n) is 16.6. The smallest absolute Gasteiger partial charge is 0.336 e. The van der Waals surface area contributed by atoms with Crippen LogP contribution in [0.1, 0.15) is 27.2 Å². The molecule has 1 aromatic carbocycles. The second-order valence-electron chi connectivity index (χ2n) is 6.06. The lowest BCUT2D eigenvalue weighted by Gasteiger charge is -2.29. The van der Waals surface area contributed by atoms with Gasteiger partial charge in [-0.2, -0.15) is 0 Å². The highest BCUT2D eigenvalue weighted by atomic mass is 79.9. The van der Waals surface area contributed by atoms with Crippen LogP contribution in [0.25, 0.3) is 0 Å². The van der Waals surface area contributed by atoms with E-state index in [1.807, 2.05) is 24.3 Å². The van der Waals surface area contributed by atoms with Gasteiger partial charge in [-0.05, 0) is 45.0 Å². The minimum atomic E-state index is -0.821. The molecule has 1 aliphatic heterocycles. The lowest BCUT2D eigenvalue weighted by atomic mass is 9.86. The zero-order valence-corrected chi connectivity index (χ0v) is 18.2. The van der Waals surface area contributed by atoms with Crippen LogP contribution in [0.2, 0.25) is 0 Å². The van der Waals surface area contributed by atoms with Crippen LogP contribution in [-0.2, 0) is 28.6 Å². The van der Waals surface area contributed by atoms with Crippen molar-refractivity contribution in [2.75, 3.05) is 24.7 Å². The maximum atomic E-state index is 12.6. The summed E-state index contributed by atoms with van der Waals surface area (Å²) in [7, 11) is 0. The van der Waals surface area contributed by atoms with Gasteiger partial charge in [-0.15, -0.1) is 0 Å². The largest absolute Gasteiger partial charge is 0.466 e. The van der Waals surface area contributed by atoms with Gasteiger partial charge in [-0.1, -0.05) is 15.9 Å². The number of carbonyl (C=O) groups excluding carboxylic acids is 3. The second-order valence-corrected chi connectivity index (χ2v) is 6.97. The summed E-state index contributed by atoms with van der Waals surface area (Å²) in [6, 6.07) is 7.34. The van der Waals surface area contributed by atoms with Crippen molar-refractivity contribution in [1.82, 2.24) is 0 Å². The standard InChI is InChI=1S/C21H24BrNO6/c1-4-27-19(24)11-16-17(20(25)28-5-2)12-23(13-18(16)21(26)29-6-3)15-9-7-14(22)8-10-15/h7-10,12-13,16H,4-6,11H2,1-3H3. The Labute approximate surface area is 178 Å². The van der Waals surface area contributed by atoms with Crippen LogP contribution in [0.15, 0.2) is 52.3 Å². The number of rotatable bonds is 8. The summed E-state index contributed by atoms with van der Waals surface area (Å²) < 4.78 is 16.3. The number of anilines is 1. The monoisotopic (exact) mass is 465 g/mol. The third-order valence-corrected chi connectivity index (χ3v) is 4.66. The van der Waals surface area contributed by atoms with E-state index < -0.39 is 23.8 Å². The predicted molar refractivity (Wildman–Crippen MR) is 111 cm³/mol. The quantitative estimate of drug-likeness (QED) is 0.427. The normalized spacial score (nSPS) is 14.0. The number of benzene rings is 1. The minimum Gasteiger partial charge on any atom is -0.466 e. The molecule has 0 radical (unpaired) electrons. The fraction of sp³-hybridized carbons (Fsp3) is 0.381. The van der Waals surface area contributed by atoms with E-state index >= 15 is 0 Å². The highest BCUT2D eigenvalue weighted by Crippen LogP contribution is 2.34. The summed E-state index contributed by atoms with van der Waals surface area (Å²) in [5, 5.41) is 0. The molecule has 0 saturated heterocycles. The van der Waals surface area contributed by atoms with Crippen LogP contribution in [0.3, 0.4) is 0 Å². The van der Waals surface area contributed by atoms with E-state index in [9.17, 15) is 14.4 Å². The van der Waals surface area contributed by atoms with Gasteiger partial charge in [0, 0.05) is 28.5 Å². The summed E-state index contributed by atoms with van der Waals surface area (Å²) in [5.41, 5.74) is 1.10. The average molecular weight is 466 g/mol. The summed E-state index contributed by atoms with van der Waals surface area (Å²) in [6.07, 6.45) is 2.99. The van der Waals surface area contributed by atoms with Gasteiger partial charge in [0.25, 0.3) is 0 Å². The van der Waals surface area contributed by atoms with E-state index in [-0.39, 0.29) is 37.4 Å². The zero-order chi connectivity index (χ0) is 21.4. The Morgan fingerprint density at radius 3 is 1.79 bits per heavy atom. The Morgan fingerprint density at radius 1 is 0.862 bits per heavy atom. The van der Waals surface area contributed by atoms with Crippen LogP contribution in [0.5, 0.6) is 0 Å². The molecular weight excluding hydrogens is 442 g/mol. The molecule has 1 aliphatic rings. The summed E-state index contributed by atoms with van der Waals surface area (Å²) in [4.78, 5) is 39.1. The van der Waals surface area contributed by atoms with Crippen molar-refractivity contribution in [1.29, 1.82) is 0 Å². The lowest BCUT2D eigenvalue weighted by Crippen LogP contribution is -2.32. The van der Waals surface area contributed by atoms with Crippen LogP contribution < -0.4 is 4.90 Å². The van der Waals surface area contributed by atoms with Gasteiger partial charge in [-0.25, -0.2) is 9.59 Å². The molecule has 0 atom stereocenters. The van der Waals surface area contributed by atoms with Gasteiger partial charge in [0.1, 0.15) is 0 Å². The molecule has 0 aromatic heterocycles. The van der Waals surface area contributed by atoms with Crippen LogP contribution >= 0.6 is 15.9 Å². The number of halogens is 1. The van der Waals surface area contributed by atoms with Crippen LogP contribution in [-0.4, -0.2) is 37.7 Å². The minimum absolute atomic E-state index is 0.166. The molecule has 0 saturated carbocycles. The lowest BCUT2D eigenvalue weighted by molar-refractivity contribution is -0.144. The van der Waals surface area contributed by atoms with Gasteiger partial charge in [-0.3, -0.25) is 4.79 Å². The Morgan fingerprint density at radius 2 is 1.34 bits per heavy atom. The van der Waals surface area contributed by atoms with E-state index in [4.69, 9.17) is 14.2 Å². The van der Waals surface area contributed by atoms with Crippen molar-refractivity contribution in [3.05, 3.63) is 52.3 Å². The highest BCUT2D eigenvalue weighted by Gasteiger charge is 2.36. The first kappa shape index (κ1) is 22.7. The number of nitrogens with zero attached hydrogens (tertiary/aromatic N) is 1. The molecule has 0 amide bonds. The van der Waals surface area contributed by atoms with Crippen LogP contribution in [0.4, 0.5) is 5.69 Å². The Bertz CT molecular complexity index is 779. The van der Waals surface area contributed by atoms with Crippen molar-refractivity contribution in [2.45, 2.75) is 27.2 Å². The highest BCUT2D eigenvalue weighted by molar-refractivity contribution is 9.10. The van der Waals surface area contributed by atoms with E-state index in [1.165, 1.54) is 0 Å². The van der Waals surface area contributed by atoms with Gasteiger partial charge in [0.15, 0.2) is 0 Å². The molecule has 0 bridgehead atoms. The van der Waals surface area contributed by atoms with Crippen LogP contribution in [0, 0.1) is 5.92 Å². The van der Waals surface area contributed by atoms with Gasteiger partial charge < -0.3 is 19.1 Å². The first-order chi connectivity index (χ1) is 13.9. The number of ether oxygens (including phenoxy) is 3. The summed E-state index contributed by atoms with van der Waals surface area (Å²) >= 11 is 3.38. The molecule has 29 heavy (non-hydrogen) atoms. The number of carbonyl (C=O) groups is 3. The molecule has 8 heteroatoms. The number of hydrogen-bond acceptors (Lipinski definition) is 7. The van der Waals surface area contributed by atoms with Crippen molar-refractivity contribution in [3.8, 4) is 0 Å².